The summed E-state index contributed by atoms with van der Waals surface area (Å²) in [6, 6.07) is 5.29. The summed E-state index contributed by atoms with van der Waals surface area (Å²) in [5, 5.41) is 5.98. The molecule has 0 atom stereocenters. The first kappa shape index (κ1) is 16.9. The molecule has 2 heterocycles. The molecule has 1 aromatic carbocycles. The zero-order valence-electron chi connectivity index (χ0n) is 13.7. The van der Waals surface area contributed by atoms with Crippen molar-refractivity contribution in [2.45, 2.75) is 26.6 Å². The predicted octanol–water partition coefficient (Wildman–Crippen LogP) is 2.39. The molecular weight excluding hydrogens is 346 g/mol. The van der Waals surface area contributed by atoms with E-state index in [-0.39, 0.29) is 11.5 Å². The van der Waals surface area contributed by atoms with Crippen LogP contribution in [0.1, 0.15) is 20.8 Å². The standard InChI is InChI=1S/C16H15N3O5S/c1-8(20)18-9-4-5-11-12(6-9)25-15(19-11)17-7-10-13(21)23-16(2,3)24-14(10)22/h4-7H,1-3H3,(H,17,19)(H,18,20). The highest BCUT2D eigenvalue weighted by molar-refractivity contribution is 7.22. The lowest BCUT2D eigenvalue weighted by atomic mass is 10.2. The second-order valence-corrected chi connectivity index (χ2v) is 6.79. The van der Waals surface area contributed by atoms with Gasteiger partial charge in [-0.15, -0.1) is 0 Å². The largest absolute Gasteiger partial charge is 0.419 e. The molecule has 0 saturated carbocycles. The van der Waals surface area contributed by atoms with Crippen LogP contribution in [0.15, 0.2) is 30.0 Å². The van der Waals surface area contributed by atoms with Crippen molar-refractivity contribution in [3.8, 4) is 0 Å². The molecule has 3 rings (SSSR count). The second kappa shape index (κ2) is 6.17. The number of esters is 2. The van der Waals surface area contributed by atoms with E-state index >= 15 is 0 Å². The number of ether oxygens (including phenoxy) is 2. The monoisotopic (exact) mass is 361 g/mol. The van der Waals surface area contributed by atoms with Gasteiger partial charge in [-0.05, 0) is 18.2 Å². The molecule has 9 heteroatoms. The Hall–Kier alpha value is -2.94. The maximum Gasteiger partial charge on any atom is 0.350 e. The van der Waals surface area contributed by atoms with Gasteiger partial charge in [-0.2, -0.15) is 0 Å². The molecule has 1 fully saturated rings. The highest BCUT2D eigenvalue weighted by Gasteiger charge is 2.38. The highest BCUT2D eigenvalue weighted by Crippen LogP contribution is 2.29. The number of carbonyl (C=O) groups excluding carboxylic acids is 3. The Morgan fingerprint density at radius 3 is 2.56 bits per heavy atom. The van der Waals surface area contributed by atoms with Crippen LogP contribution in [0.2, 0.25) is 0 Å². The van der Waals surface area contributed by atoms with E-state index < -0.39 is 17.7 Å². The van der Waals surface area contributed by atoms with Gasteiger partial charge in [0.15, 0.2) is 10.7 Å². The van der Waals surface area contributed by atoms with E-state index in [9.17, 15) is 14.4 Å². The molecular formula is C16H15N3O5S. The zero-order chi connectivity index (χ0) is 18.2. The number of hydrogen-bond donors (Lipinski definition) is 2. The number of nitrogens with one attached hydrogen (secondary N) is 2. The van der Waals surface area contributed by atoms with E-state index in [1.54, 1.807) is 18.2 Å². The number of aromatic nitrogens is 1. The summed E-state index contributed by atoms with van der Waals surface area (Å²) < 4.78 is 10.9. The minimum atomic E-state index is -1.28. The maximum absolute atomic E-state index is 11.9. The van der Waals surface area contributed by atoms with Crippen molar-refractivity contribution in [2.75, 3.05) is 10.6 Å². The Bertz CT molecular complexity index is 894. The van der Waals surface area contributed by atoms with Gasteiger partial charge in [0.2, 0.25) is 5.91 Å². The Labute approximate surface area is 146 Å². The maximum atomic E-state index is 11.9. The van der Waals surface area contributed by atoms with Gasteiger partial charge in [0.1, 0.15) is 0 Å². The van der Waals surface area contributed by atoms with Crippen LogP contribution in [-0.2, 0) is 23.9 Å². The van der Waals surface area contributed by atoms with Crippen molar-refractivity contribution < 1.29 is 23.9 Å². The van der Waals surface area contributed by atoms with Crippen LogP contribution in [0.25, 0.3) is 10.2 Å². The SMILES string of the molecule is CC(=O)Nc1ccc2nc(NC=C3C(=O)OC(C)(C)OC3=O)sc2c1. The third-order valence-corrected chi connectivity index (χ3v) is 4.11. The Kier molecular flexibility index (Phi) is 4.17. The van der Waals surface area contributed by atoms with Crippen LogP contribution in [-0.4, -0.2) is 28.6 Å². The lowest BCUT2D eigenvalue weighted by Gasteiger charge is -2.29. The number of anilines is 2. The molecule has 8 nitrogen and oxygen atoms in total. The molecule has 2 aromatic rings. The van der Waals surface area contributed by atoms with Crippen LogP contribution >= 0.6 is 11.3 Å². The van der Waals surface area contributed by atoms with E-state index in [2.05, 4.69) is 15.6 Å². The molecule has 0 radical (unpaired) electrons. The van der Waals surface area contributed by atoms with E-state index in [4.69, 9.17) is 9.47 Å². The molecule has 1 amide bonds. The Balaban J connectivity index is 1.80. The number of benzene rings is 1. The molecule has 130 valence electrons. The topological polar surface area (TPSA) is 107 Å². The molecule has 1 aliphatic heterocycles. The van der Waals surface area contributed by atoms with Crippen molar-refractivity contribution in [3.63, 3.8) is 0 Å². The van der Waals surface area contributed by atoms with Crippen molar-refractivity contribution in [3.05, 3.63) is 30.0 Å². The molecule has 0 aliphatic carbocycles. The van der Waals surface area contributed by atoms with E-state index in [1.807, 2.05) is 0 Å². The summed E-state index contributed by atoms with van der Waals surface area (Å²) in [6.45, 7) is 4.39. The van der Waals surface area contributed by atoms with E-state index in [0.29, 0.717) is 10.8 Å². The van der Waals surface area contributed by atoms with Crippen LogP contribution in [0.4, 0.5) is 10.8 Å². The summed E-state index contributed by atoms with van der Waals surface area (Å²) in [4.78, 5) is 39.2. The van der Waals surface area contributed by atoms with Gasteiger partial charge in [-0.1, -0.05) is 11.3 Å². The molecule has 1 aliphatic rings. The molecule has 25 heavy (non-hydrogen) atoms. The first-order valence-electron chi connectivity index (χ1n) is 7.35. The van der Waals surface area contributed by atoms with Crippen LogP contribution in [0.5, 0.6) is 0 Å². The van der Waals surface area contributed by atoms with Crippen molar-refractivity contribution >= 4 is 50.2 Å². The smallest absolute Gasteiger partial charge is 0.350 e. The summed E-state index contributed by atoms with van der Waals surface area (Å²) in [5.74, 6) is -2.96. The quantitative estimate of drug-likeness (QED) is 0.491. The average Bonchev–Trinajstić information content (AvgIpc) is 2.86. The fraction of sp³-hybridized carbons (Fsp3) is 0.250. The summed E-state index contributed by atoms with van der Waals surface area (Å²) in [5.41, 5.74) is 1.14. The van der Waals surface area contributed by atoms with Gasteiger partial charge < -0.3 is 20.1 Å². The number of fused-ring (bicyclic) bond motifs is 1. The van der Waals surface area contributed by atoms with Gasteiger partial charge >= 0.3 is 11.9 Å². The second-order valence-electron chi connectivity index (χ2n) is 5.76. The number of rotatable bonds is 3. The highest BCUT2D eigenvalue weighted by atomic mass is 32.1. The Morgan fingerprint density at radius 1 is 1.24 bits per heavy atom. The number of thiazole rings is 1. The first-order chi connectivity index (χ1) is 11.7. The van der Waals surface area contributed by atoms with Crippen LogP contribution in [0, 0.1) is 0 Å². The van der Waals surface area contributed by atoms with E-state index in [1.165, 1.54) is 38.3 Å². The number of nitrogens with zero attached hydrogens (tertiary/aromatic N) is 1. The van der Waals surface area contributed by atoms with Gasteiger partial charge in [0.25, 0.3) is 5.79 Å². The Morgan fingerprint density at radius 2 is 1.92 bits per heavy atom. The van der Waals surface area contributed by atoms with Gasteiger partial charge in [0.05, 0.1) is 10.2 Å². The van der Waals surface area contributed by atoms with Crippen molar-refractivity contribution in [1.82, 2.24) is 4.98 Å². The molecule has 2 N–H and O–H groups in total. The minimum Gasteiger partial charge on any atom is -0.419 e. The molecule has 0 unspecified atom stereocenters. The summed E-state index contributed by atoms with van der Waals surface area (Å²) in [6.07, 6.45) is 1.21. The molecule has 0 bridgehead atoms. The molecule has 1 saturated heterocycles. The lowest BCUT2D eigenvalue weighted by molar-refractivity contribution is -0.222. The predicted molar refractivity (Wildman–Crippen MR) is 91.9 cm³/mol. The first-order valence-corrected chi connectivity index (χ1v) is 8.17. The van der Waals surface area contributed by atoms with Gasteiger partial charge in [-0.3, -0.25) is 4.79 Å². The molecule has 0 spiro atoms. The van der Waals surface area contributed by atoms with Gasteiger partial charge in [-0.25, -0.2) is 14.6 Å². The number of hydrogen-bond acceptors (Lipinski definition) is 8. The van der Waals surface area contributed by atoms with Crippen LogP contribution in [0.3, 0.4) is 0 Å². The third-order valence-electron chi connectivity index (χ3n) is 3.17. The number of carbonyl (C=O) groups is 3. The van der Waals surface area contributed by atoms with E-state index in [0.717, 1.165) is 10.2 Å². The fourth-order valence-corrected chi connectivity index (χ4v) is 3.05. The lowest BCUT2D eigenvalue weighted by Crippen LogP contribution is -2.42. The van der Waals surface area contributed by atoms with Gasteiger partial charge in [0, 0.05) is 32.7 Å². The minimum absolute atomic E-state index is 0.163. The summed E-state index contributed by atoms with van der Waals surface area (Å²) in [7, 11) is 0. The van der Waals surface area contributed by atoms with Crippen molar-refractivity contribution in [1.29, 1.82) is 0 Å². The fourth-order valence-electron chi connectivity index (χ4n) is 2.18. The zero-order valence-corrected chi connectivity index (χ0v) is 14.5. The summed E-state index contributed by atoms with van der Waals surface area (Å²) >= 11 is 1.31. The average molecular weight is 361 g/mol. The number of amides is 1. The normalized spacial score (nSPS) is 16.2. The molecule has 1 aromatic heterocycles. The van der Waals surface area contributed by atoms with Crippen molar-refractivity contribution in [2.24, 2.45) is 0 Å². The number of cyclic esters (lactones) is 2. The van der Waals surface area contributed by atoms with Crippen LogP contribution < -0.4 is 10.6 Å². The third kappa shape index (κ3) is 3.77.